The summed E-state index contributed by atoms with van der Waals surface area (Å²) in [6.07, 6.45) is 5.19. The van der Waals surface area contributed by atoms with Crippen molar-refractivity contribution >= 4 is 28.7 Å². The molecule has 2 amide bonds. The predicted octanol–water partition coefficient (Wildman–Crippen LogP) is 3.48. The van der Waals surface area contributed by atoms with E-state index in [1.807, 2.05) is 40.1 Å². The molecule has 1 spiro atoms. The molecule has 7 heteroatoms. The molecule has 3 heterocycles. The SMILES string of the molecule is O=C(C1CC1)N1CC(CN2C(=O)C3(CC3)N=C2c2ccc(-c3ccc4ocnc4c3)cc2)C1. The summed E-state index contributed by atoms with van der Waals surface area (Å²) in [5, 5.41) is 0. The van der Waals surface area contributed by atoms with Crippen molar-refractivity contribution in [3.63, 3.8) is 0 Å². The van der Waals surface area contributed by atoms with Crippen molar-refractivity contribution in [3.05, 3.63) is 54.4 Å². The molecule has 1 saturated heterocycles. The van der Waals surface area contributed by atoms with E-state index in [1.165, 1.54) is 6.39 Å². The zero-order chi connectivity index (χ0) is 22.2. The summed E-state index contributed by atoms with van der Waals surface area (Å²) in [4.78, 5) is 38.4. The fraction of sp³-hybridized carbons (Fsp3) is 0.385. The lowest BCUT2D eigenvalue weighted by Crippen LogP contribution is -2.55. The smallest absolute Gasteiger partial charge is 0.256 e. The topological polar surface area (TPSA) is 79.0 Å². The molecule has 4 aliphatic rings. The Morgan fingerprint density at radius 2 is 1.76 bits per heavy atom. The molecule has 2 aliphatic carbocycles. The summed E-state index contributed by atoms with van der Waals surface area (Å²) < 4.78 is 5.34. The molecule has 7 rings (SSSR count). The van der Waals surface area contributed by atoms with Crippen LogP contribution in [0.1, 0.15) is 31.2 Å². The first-order valence-electron chi connectivity index (χ1n) is 11.7. The van der Waals surface area contributed by atoms with E-state index >= 15 is 0 Å². The molecule has 3 aromatic rings. The molecule has 0 radical (unpaired) electrons. The Morgan fingerprint density at radius 3 is 2.48 bits per heavy atom. The van der Waals surface area contributed by atoms with E-state index < -0.39 is 5.54 Å². The normalized spacial score (nSPS) is 21.6. The van der Waals surface area contributed by atoms with Gasteiger partial charge in [0.05, 0.1) is 0 Å². The number of hydrogen-bond donors (Lipinski definition) is 0. The highest BCUT2D eigenvalue weighted by atomic mass is 16.3. The number of carbonyl (C=O) groups is 2. The van der Waals surface area contributed by atoms with Crippen molar-refractivity contribution in [1.29, 1.82) is 0 Å². The molecule has 0 N–H and O–H groups in total. The van der Waals surface area contributed by atoms with Gasteiger partial charge in [0.2, 0.25) is 5.91 Å². The molecule has 3 fully saturated rings. The second kappa shape index (κ2) is 6.76. The standard InChI is InChI=1S/C26H24N4O3/c31-24(19-5-6-19)29-12-16(13-29)14-30-23(28-26(9-10-26)25(30)32)18-3-1-17(2-4-18)20-7-8-22-21(11-20)27-15-33-22/h1-4,7-8,11,15-16,19H,5-6,9-10,12-14H2. The van der Waals surface area contributed by atoms with Crippen LogP contribution in [0.2, 0.25) is 0 Å². The molecular formula is C26H24N4O3. The minimum absolute atomic E-state index is 0.130. The second-order valence-electron chi connectivity index (χ2n) is 9.88. The van der Waals surface area contributed by atoms with Crippen LogP contribution in [0.4, 0.5) is 0 Å². The molecule has 0 atom stereocenters. The van der Waals surface area contributed by atoms with Gasteiger partial charge < -0.3 is 9.32 Å². The summed E-state index contributed by atoms with van der Waals surface area (Å²) in [7, 11) is 0. The van der Waals surface area contributed by atoms with E-state index in [0.29, 0.717) is 18.4 Å². The molecular weight excluding hydrogens is 416 g/mol. The van der Waals surface area contributed by atoms with Crippen LogP contribution in [-0.2, 0) is 9.59 Å². The van der Waals surface area contributed by atoms with Crippen LogP contribution < -0.4 is 0 Å². The number of hydrogen-bond acceptors (Lipinski definition) is 5. The third-order valence-corrected chi connectivity index (χ3v) is 7.39. The largest absolute Gasteiger partial charge is 0.443 e. The van der Waals surface area contributed by atoms with E-state index in [0.717, 1.165) is 72.4 Å². The minimum Gasteiger partial charge on any atom is -0.443 e. The van der Waals surface area contributed by atoms with Crippen molar-refractivity contribution in [2.24, 2.45) is 16.8 Å². The van der Waals surface area contributed by atoms with E-state index in [4.69, 9.17) is 9.41 Å². The van der Waals surface area contributed by atoms with Gasteiger partial charge in [-0.25, -0.2) is 4.98 Å². The molecule has 166 valence electrons. The highest BCUT2D eigenvalue weighted by molar-refractivity contribution is 6.16. The Morgan fingerprint density at radius 1 is 1.03 bits per heavy atom. The first-order valence-corrected chi connectivity index (χ1v) is 11.7. The number of nitrogens with zero attached hydrogens (tertiary/aromatic N) is 4. The Hall–Kier alpha value is -3.48. The zero-order valence-corrected chi connectivity index (χ0v) is 18.2. The third kappa shape index (κ3) is 3.09. The van der Waals surface area contributed by atoms with Crippen LogP contribution in [0, 0.1) is 11.8 Å². The summed E-state index contributed by atoms with van der Waals surface area (Å²) in [5.74, 6) is 1.79. The van der Waals surface area contributed by atoms with E-state index in [1.54, 1.807) is 0 Å². The maximum Gasteiger partial charge on any atom is 0.256 e. The van der Waals surface area contributed by atoms with Crippen molar-refractivity contribution < 1.29 is 14.0 Å². The van der Waals surface area contributed by atoms with Gasteiger partial charge in [-0.2, -0.15) is 0 Å². The van der Waals surface area contributed by atoms with Crippen LogP contribution in [0.3, 0.4) is 0 Å². The first-order chi connectivity index (χ1) is 16.1. The molecule has 33 heavy (non-hydrogen) atoms. The van der Waals surface area contributed by atoms with Crippen LogP contribution in [-0.4, -0.2) is 57.6 Å². The molecule has 0 unspecified atom stereocenters. The summed E-state index contributed by atoms with van der Waals surface area (Å²) in [6.45, 7) is 2.14. The van der Waals surface area contributed by atoms with Gasteiger partial charge in [-0.05, 0) is 48.9 Å². The fourth-order valence-corrected chi connectivity index (χ4v) is 5.05. The molecule has 1 aromatic heterocycles. The minimum atomic E-state index is -0.529. The number of amides is 2. The first kappa shape index (κ1) is 19.0. The Bertz CT molecular complexity index is 1310. The Balaban J connectivity index is 1.11. The second-order valence-corrected chi connectivity index (χ2v) is 9.88. The van der Waals surface area contributed by atoms with Crippen molar-refractivity contribution in [2.75, 3.05) is 19.6 Å². The summed E-state index contributed by atoms with van der Waals surface area (Å²) >= 11 is 0. The molecule has 2 aromatic carbocycles. The average molecular weight is 441 g/mol. The lowest BCUT2D eigenvalue weighted by Gasteiger charge is -2.41. The van der Waals surface area contributed by atoms with Gasteiger partial charge >= 0.3 is 0 Å². The highest BCUT2D eigenvalue weighted by Crippen LogP contribution is 2.46. The monoisotopic (exact) mass is 440 g/mol. The Kier molecular flexibility index (Phi) is 3.90. The lowest BCUT2D eigenvalue weighted by atomic mass is 9.97. The number of rotatable bonds is 5. The number of fused-ring (bicyclic) bond motifs is 1. The van der Waals surface area contributed by atoms with Gasteiger partial charge in [-0.1, -0.05) is 30.3 Å². The van der Waals surface area contributed by atoms with Crippen LogP contribution in [0.15, 0.2) is 58.3 Å². The molecule has 2 saturated carbocycles. The lowest BCUT2D eigenvalue weighted by molar-refractivity contribution is -0.139. The van der Waals surface area contributed by atoms with Gasteiger partial charge in [0.15, 0.2) is 12.0 Å². The third-order valence-electron chi connectivity index (χ3n) is 7.39. The van der Waals surface area contributed by atoms with Crippen LogP contribution >= 0.6 is 0 Å². The molecule has 2 aliphatic heterocycles. The van der Waals surface area contributed by atoms with Crippen molar-refractivity contribution in [1.82, 2.24) is 14.8 Å². The fourth-order valence-electron chi connectivity index (χ4n) is 5.05. The zero-order valence-electron chi connectivity index (χ0n) is 18.2. The van der Waals surface area contributed by atoms with E-state index in [2.05, 4.69) is 17.1 Å². The highest BCUT2D eigenvalue weighted by Gasteiger charge is 2.57. The van der Waals surface area contributed by atoms with Gasteiger partial charge in [-0.15, -0.1) is 0 Å². The maximum atomic E-state index is 13.2. The Labute approximate surface area is 191 Å². The van der Waals surface area contributed by atoms with Crippen molar-refractivity contribution in [2.45, 2.75) is 31.2 Å². The number of benzene rings is 2. The van der Waals surface area contributed by atoms with Crippen LogP contribution in [0.25, 0.3) is 22.2 Å². The average Bonchev–Trinajstić information content (AvgIpc) is 3.72. The van der Waals surface area contributed by atoms with E-state index in [-0.39, 0.29) is 11.8 Å². The quantitative estimate of drug-likeness (QED) is 0.609. The van der Waals surface area contributed by atoms with Gasteiger partial charge in [-0.3, -0.25) is 19.5 Å². The van der Waals surface area contributed by atoms with Gasteiger partial charge in [0, 0.05) is 37.0 Å². The van der Waals surface area contributed by atoms with Gasteiger partial charge in [0.25, 0.3) is 5.91 Å². The number of likely N-dealkylation sites (tertiary alicyclic amines) is 1. The number of aromatic nitrogens is 1. The number of oxazole rings is 1. The summed E-state index contributed by atoms with van der Waals surface area (Å²) in [6, 6.07) is 14.2. The predicted molar refractivity (Wildman–Crippen MR) is 122 cm³/mol. The van der Waals surface area contributed by atoms with E-state index in [9.17, 15) is 9.59 Å². The number of amidine groups is 1. The summed E-state index contributed by atoms with van der Waals surface area (Å²) in [5.41, 5.74) is 4.18. The van der Waals surface area contributed by atoms with Crippen LogP contribution in [0.5, 0.6) is 0 Å². The molecule has 0 bridgehead atoms. The van der Waals surface area contributed by atoms with Gasteiger partial charge in [0.1, 0.15) is 16.9 Å². The number of aliphatic imine (C=N–C) groups is 1. The molecule has 7 nitrogen and oxygen atoms in total. The van der Waals surface area contributed by atoms with Crippen molar-refractivity contribution in [3.8, 4) is 11.1 Å². The maximum absolute atomic E-state index is 13.2. The number of carbonyl (C=O) groups excluding carboxylic acids is 2.